The lowest BCUT2D eigenvalue weighted by atomic mass is 10.0. The molecular formula is C26H21N3O4S2. The van der Waals surface area contributed by atoms with Gasteiger partial charge in [-0.1, -0.05) is 59.5 Å². The average Bonchev–Trinajstić information content (AvgIpc) is 3.50. The minimum absolute atomic E-state index is 0.0277. The van der Waals surface area contributed by atoms with E-state index in [2.05, 4.69) is 27.6 Å². The number of nitrogens with zero attached hydrogens (tertiary/aromatic N) is 2. The number of anilines is 1. The Kier molecular flexibility index (Phi) is 6.52. The van der Waals surface area contributed by atoms with Crippen molar-refractivity contribution in [3.05, 3.63) is 82.9 Å². The lowest BCUT2D eigenvalue weighted by Gasteiger charge is -2.08. The van der Waals surface area contributed by atoms with Crippen molar-refractivity contribution in [2.45, 2.75) is 10.8 Å². The fourth-order valence-corrected chi connectivity index (χ4v) is 5.64. The minimum Gasteiger partial charge on any atom is -0.493 e. The SMILES string of the molecule is COc1ccc(C(=O)Nc2nnc(SCC(=O)c3ccc4c(c3)Cc3ccccc3-4)s2)cc1OC. The van der Waals surface area contributed by atoms with E-state index in [9.17, 15) is 9.59 Å². The smallest absolute Gasteiger partial charge is 0.257 e. The number of carbonyl (C=O) groups excluding carboxylic acids is 2. The van der Waals surface area contributed by atoms with Crippen LogP contribution in [0, 0.1) is 0 Å². The first-order valence-corrected chi connectivity index (χ1v) is 12.6. The molecule has 0 bridgehead atoms. The molecule has 9 heteroatoms. The molecule has 1 aliphatic rings. The number of amides is 1. The van der Waals surface area contributed by atoms with Gasteiger partial charge >= 0.3 is 0 Å². The van der Waals surface area contributed by atoms with Crippen molar-refractivity contribution in [2.24, 2.45) is 0 Å². The van der Waals surface area contributed by atoms with Gasteiger partial charge in [-0.05, 0) is 52.9 Å². The summed E-state index contributed by atoms with van der Waals surface area (Å²) in [5.41, 5.74) is 6.00. The first-order valence-electron chi connectivity index (χ1n) is 10.8. The number of Topliss-reactive ketones (excluding diaryl/α,β-unsaturated/α-hetero) is 1. The number of hydrogen-bond acceptors (Lipinski definition) is 8. The van der Waals surface area contributed by atoms with E-state index in [0.29, 0.717) is 32.1 Å². The minimum atomic E-state index is -0.339. The van der Waals surface area contributed by atoms with E-state index in [-0.39, 0.29) is 17.4 Å². The normalized spacial score (nSPS) is 11.5. The standard InChI is InChI=1S/C26H21N3O4S2/c1-32-22-10-8-17(13-23(22)33-2)24(31)27-25-28-29-26(35-25)34-14-21(30)16-7-9-20-18(12-16)11-15-5-3-4-6-19(15)20/h3-10,12-13H,11,14H2,1-2H3,(H,27,28,31). The zero-order valence-corrected chi connectivity index (χ0v) is 20.7. The van der Waals surface area contributed by atoms with Gasteiger partial charge in [-0.3, -0.25) is 14.9 Å². The zero-order valence-electron chi connectivity index (χ0n) is 19.0. The van der Waals surface area contributed by atoms with Gasteiger partial charge in [0, 0.05) is 11.1 Å². The lowest BCUT2D eigenvalue weighted by molar-refractivity contribution is 0.101. The second-order valence-electron chi connectivity index (χ2n) is 7.81. The molecule has 35 heavy (non-hydrogen) atoms. The molecule has 0 saturated heterocycles. The van der Waals surface area contributed by atoms with Gasteiger partial charge in [0.05, 0.1) is 20.0 Å². The fraction of sp³-hybridized carbons (Fsp3) is 0.154. The summed E-state index contributed by atoms with van der Waals surface area (Å²) in [6, 6.07) is 19.1. The number of aromatic nitrogens is 2. The third-order valence-electron chi connectivity index (χ3n) is 5.72. The van der Waals surface area contributed by atoms with Crippen molar-refractivity contribution < 1.29 is 19.1 Å². The van der Waals surface area contributed by atoms with Crippen LogP contribution < -0.4 is 14.8 Å². The van der Waals surface area contributed by atoms with E-state index in [1.54, 1.807) is 18.2 Å². The van der Waals surface area contributed by atoms with Gasteiger partial charge in [0.15, 0.2) is 21.6 Å². The molecule has 1 heterocycles. The van der Waals surface area contributed by atoms with Gasteiger partial charge in [0.1, 0.15) is 0 Å². The Morgan fingerprint density at radius 1 is 0.914 bits per heavy atom. The number of fused-ring (bicyclic) bond motifs is 3. The molecule has 176 valence electrons. The van der Waals surface area contributed by atoms with E-state index >= 15 is 0 Å². The molecule has 0 saturated carbocycles. The first kappa shape index (κ1) is 23.1. The monoisotopic (exact) mass is 503 g/mol. The number of rotatable bonds is 8. The number of thioether (sulfide) groups is 1. The summed E-state index contributed by atoms with van der Waals surface area (Å²) in [6.45, 7) is 0. The average molecular weight is 504 g/mol. The molecule has 7 nitrogen and oxygen atoms in total. The van der Waals surface area contributed by atoms with Crippen LogP contribution in [0.4, 0.5) is 5.13 Å². The summed E-state index contributed by atoms with van der Waals surface area (Å²) in [5, 5.41) is 11.2. The summed E-state index contributed by atoms with van der Waals surface area (Å²) in [4.78, 5) is 25.4. The number of methoxy groups -OCH3 is 2. The largest absolute Gasteiger partial charge is 0.493 e. The van der Waals surface area contributed by atoms with Crippen LogP contribution in [0.1, 0.15) is 31.8 Å². The first-order chi connectivity index (χ1) is 17.1. The molecule has 0 fully saturated rings. The highest BCUT2D eigenvalue weighted by Crippen LogP contribution is 2.37. The summed E-state index contributed by atoms with van der Waals surface area (Å²) >= 11 is 2.53. The number of benzene rings is 3. The van der Waals surface area contributed by atoms with Crippen LogP contribution >= 0.6 is 23.1 Å². The number of ether oxygens (including phenoxy) is 2. The van der Waals surface area contributed by atoms with Gasteiger partial charge in [-0.2, -0.15) is 0 Å². The van der Waals surface area contributed by atoms with Crippen molar-refractivity contribution in [3.63, 3.8) is 0 Å². The maximum atomic E-state index is 12.8. The van der Waals surface area contributed by atoms with Crippen molar-refractivity contribution in [2.75, 3.05) is 25.3 Å². The topological polar surface area (TPSA) is 90.4 Å². The highest BCUT2D eigenvalue weighted by molar-refractivity contribution is 8.01. The molecule has 3 aromatic carbocycles. The van der Waals surface area contributed by atoms with Crippen LogP contribution in [0.15, 0.2) is 65.0 Å². The molecule has 1 N–H and O–H groups in total. The van der Waals surface area contributed by atoms with Crippen molar-refractivity contribution in [3.8, 4) is 22.6 Å². The lowest BCUT2D eigenvalue weighted by Crippen LogP contribution is -2.11. The molecule has 4 aromatic rings. The van der Waals surface area contributed by atoms with Crippen molar-refractivity contribution in [1.82, 2.24) is 10.2 Å². The number of carbonyl (C=O) groups is 2. The van der Waals surface area contributed by atoms with E-state index in [4.69, 9.17) is 9.47 Å². The Morgan fingerprint density at radius 3 is 2.51 bits per heavy atom. The van der Waals surface area contributed by atoms with Crippen LogP contribution in [0.25, 0.3) is 11.1 Å². The molecule has 0 unspecified atom stereocenters. The second kappa shape index (κ2) is 9.89. The highest BCUT2D eigenvalue weighted by Gasteiger charge is 2.20. The molecule has 0 atom stereocenters. The Bertz CT molecular complexity index is 1430. The molecule has 1 aromatic heterocycles. The molecule has 0 spiro atoms. The van der Waals surface area contributed by atoms with Gasteiger partial charge in [-0.25, -0.2) is 0 Å². The van der Waals surface area contributed by atoms with Crippen LogP contribution in [0.5, 0.6) is 11.5 Å². The molecule has 0 aliphatic heterocycles. The van der Waals surface area contributed by atoms with Crippen LogP contribution in [0.2, 0.25) is 0 Å². The second-order valence-corrected chi connectivity index (χ2v) is 10.0. The maximum Gasteiger partial charge on any atom is 0.257 e. The van der Waals surface area contributed by atoms with E-state index in [1.165, 1.54) is 59.6 Å². The Labute approximate surface area is 210 Å². The summed E-state index contributed by atoms with van der Waals surface area (Å²) in [5.74, 6) is 0.928. The van der Waals surface area contributed by atoms with Gasteiger partial charge < -0.3 is 9.47 Å². The Hall–Kier alpha value is -3.69. The third-order valence-corrected chi connectivity index (χ3v) is 7.69. The molecule has 5 rings (SSSR count). The molecule has 1 aliphatic carbocycles. The van der Waals surface area contributed by atoms with Crippen LogP contribution in [0.3, 0.4) is 0 Å². The van der Waals surface area contributed by atoms with Gasteiger partial charge in [0.25, 0.3) is 5.91 Å². The number of nitrogens with one attached hydrogen (secondary N) is 1. The highest BCUT2D eigenvalue weighted by atomic mass is 32.2. The Morgan fingerprint density at radius 2 is 1.69 bits per heavy atom. The van der Waals surface area contributed by atoms with Crippen molar-refractivity contribution >= 4 is 39.9 Å². The van der Waals surface area contributed by atoms with Crippen LogP contribution in [-0.4, -0.2) is 41.9 Å². The predicted octanol–water partition coefficient (Wildman–Crippen LogP) is 5.35. The zero-order chi connectivity index (χ0) is 24.4. The van der Waals surface area contributed by atoms with Gasteiger partial charge in [-0.15, -0.1) is 10.2 Å². The third kappa shape index (κ3) is 4.78. The predicted molar refractivity (Wildman–Crippen MR) is 137 cm³/mol. The van der Waals surface area contributed by atoms with Gasteiger partial charge in [0.2, 0.25) is 5.13 Å². The van der Waals surface area contributed by atoms with E-state index < -0.39 is 0 Å². The Balaban J connectivity index is 1.20. The number of hydrogen-bond donors (Lipinski definition) is 1. The van der Waals surface area contributed by atoms with Crippen LogP contribution in [-0.2, 0) is 6.42 Å². The summed E-state index contributed by atoms with van der Waals surface area (Å²) in [6.07, 6.45) is 0.847. The molecule has 1 amide bonds. The molecule has 0 radical (unpaired) electrons. The maximum absolute atomic E-state index is 12.8. The quantitative estimate of drug-likeness (QED) is 0.173. The summed E-state index contributed by atoms with van der Waals surface area (Å²) in [7, 11) is 3.04. The molecular weight excluding hydrogens is 482 g/mol. The van der Waals surface area contributed by atoms with E-state index in [0.717, 1.165) is 6.42 Å². The summed E-state index contributed by atoms with van der Waals surface area (Å²) < 4.78 is 11.1. The number of ketones is 1. The van der Waals surface area contributed by atoms with E-state index in [1.807, 2.05) is 30.3 Å². The fourth-order valence-electron chi connectivity index (χ4n) is 3.99. The van der Waals surface area contributed by atoms with Crippen molar-refractivity contribution in [1.29, 1.82) is 0 Å².